The molecule has 0 fully saturated rings. The fourth-order valence-corrected chi connectivity index (χ4v) is 1.60. The summed E-state index contributed by atoms with van der Waals surface area (Å²) in [5.41, 5.74) is 1.85. The maximum Gasteiger partial charge on any atom is 0.269 e. The third-order valence-corrected chi connectivity index (χ3v) is 2.96. The second kappa shape index (κ2) is 7.74. The fourth-order valence-electron chi connectivity index (χ4n) is 1.60. The van der Waals surface area contributed by atoms with Crippen molar-refractivity contribution in [2.45, 2.75) is 46.3 Å². The van der Waals surface area contributed by atoms with Crippen LogP contribution in [0.3, 0.4) is 0 Å². The summed E-state index contributed by atoms with van der Waals surface area (Å²) in [5, 5.41) is 14.1. The second-order valence-electron chi connectivity index (χ2n) is 4.56. The maximum atomic E-state index is 10.8. The molecule has 0 radical (unpaired) electrons. The number of ether oxygens (including phenoxy) is 1. The molecule has 1 aromatic rings. The van der Waals surface area contributed by atoms with Crippen molar-refractivity contribution in [1.29, 1.82) is 0 Å². The summed E-state index contributed by atoms with van der Waals surface area (Å²) in [6.07, 6.45) is 2.08. The van der Waals surface area contributed by atoms with Gasteiger partial charge in [-0.05, 0) is 25.8 Å². The summed E-state index contributed by atoms with van der Waals surface area (Å²) in [7, 11) is 0. The molecule has 19 heavy (non-hydrogen) atoms. The molecule has 0 aromatic heterocycles. The van der Waals surface area contributed by atoms with Crippen LogP contribution in [0, 0.1) is 10.1 Å². The van der Waals surface area contributed by atoms with Gasteiger partial charge in [-0.1, -0.05) is 13.8 Å². The largest absolute Gasteiger partial charge is 0.385 e. The molecule has 0 aliphatic rings. The number of anilines is 1. The minimum Gasteiger partial charge on any atom is -0.385 e. The highest BCUT2D eigenvalue weighted by Gasteiger charge is 2.11. The summed E-state index contributed by atoms with van der Waals surface area (Å²) in [4.78, 5) is 10.4. The van der Waals surface area contributed by atoms with Crippen LogP contribution in [0.15, 0.2) is 18.2 Å². The van der Waals surface area contributed by atoms with E-state index in [0.29, 0.717) is 6.61 Å². The fraction of sp³-hybridized carbons (Fsp3) is 0.571. The Morgan fingerprint density at radius 3 is 2.74 bits per heavy atom. The van der Waals surface area contributed by atoms with Gasteiger partial charge >= 0.3 is 0 Å². The Balaban J connectivity index is 2.86. The number of non-ortho nitro benzene ring substituents is 1. The monoisotopic (exact) mass is 266 g/mol. The van der Waals surface area contributed by atoms with E-state index in [1.165, 1.54) is 6.07 Å². The van der Waals surface area contributed by atoms with Crippen molar-refractivity contribution >= 4 is 11.4 Å². The van der Waals surface area contributed by atoms with E-state index in [-0.39, 0.29) is 16.7 Å². The predicted octanol–water partition coefficient (Wildman–Crippen LogP) is 3.73. The molecule has 0 bridgehead atoms. The lowest BCUT2D eigenvalue weighted by Crippen LogP contribution is -2.09. The Morgan fingerprint density at radius 1 is 1.42 bits per heavy atom. The average molecular weight is 266 g/mol. The van der Waals surface area contributed by atoms with Crippen LogP contribution in [0.4, 0.5) is 11.4 Å². The molecule has 1 rings (SSSR count). The van der Waals surface area contributed by atoms with Gasteiger partial charge in [0, 0.05) is 29.9 Å². The summed E-state index contributed by atoms with van der Waals surface area (Å²) < 4.78 is 5.67. The van der Waals surface area contributed by atoms with Crippen LogP contribution >= 0.6 is 0 Å². The molecule has 0 saturated carbocycles. The molecule has 0 spiro atoms. The first-order valence-corrected chi connectivity index (χ1v) is 6.71. The first kappa shape index (κ1) is 15.4. The quantitative estimate of drug-likeness (QED) is 0.575. The van der Waals surface area contributed by atoms with Crippen LogP contribution in [0.25, 0.3) is 0 Å². The summed E-state index contributed by atoms with van der Waals surface area (Å²) in [6.45, 7) is 7.36. The highest BCUT2D eigenvalue weighted by Crippen LogP contribution is 2.23. The van der Waals surface area contributed by atoms with Gasteiger partial charge in [0.15, 0.2) is 0 Å². The predicted molar refractivity (Wildman–Crippen MR) is 76.4 cm³/mol. The van der Waals surface area contributed by atoms with Crippen molar-refractivity contribution in [2.24, 2.45) is 0 Å². The lowest BCUT2D eigenvalue weighted by Gasteiger charge is -2.14. The normalized spacial score (nSPS) is 12.2. The van der Waals surface area contributed by atoms with Crippen LogP contribution in [0.1, 0.15) is 39.2 Å². The van der Waals surface area contributed by atoms with E-state index < -0.39 is 0 Å². The van der Waals surface area contributed by atoms with Gasteiger partial charge in [-0.2, -0.15) is 0 Å². The zero-order valence-corrected chi connectivity index (χ0v) is 11.8. The smallest absolute Gasteiger partial charge is 0.269 e. The Labute approximate surface area is 114 Å². The van der Waals surface area contributed by atoms with Gasteiger partial charge in [-0.3, -0.25) is 10.1 Å². The third kappa shape index (κ3) is 4.87. The Hall–Kier alpha value is -1.62. The van der Waals surface area contributed by atoms with Crippen molar-refractivity contribution in [3.05, 3.63) is 33.9 Å². The molecule has 0 amide bonds. The van der Waals surface area contributed by atoms with Gasteiger partial charge in [0.1, 0.15) is 0 Å². The van der Waals surface area contributed by atoms with Crippen LogP contribution < -0.4 is 5.32 Å². The number of hydrogen-bond donors (Lipinski definition) is 1. The molecule has 1 atom stereocenters. The number of nitro benzene ring substituents is 1. The number of rotatable bonds is 8. The van der Waals surface area contributed by atoms with Crippen molar-refractivity contribution in [3.63, 3.8) is 0 Å². The highest BCUT2D eigenvalue weighted by atomic mass is 16.6. The van der Waals surface area contributed by atoms with Crippen molar-refractivity contribution in [3.8, 4) is 0 Å². The first-order chi connectivity index (χ1) is 9.08. The average Bonchev–Trinajstić information content (AvgIpc) is 2.42. The number of hydrogen-bond acceptors (Lipinski definition) is 4. The zero-order chi connectivity index (χ0) is 14.3. The van der Waals surface area contributed by atoms with E-state index in [1.54, 1.807) is 12.1 Å². The van der Waals surface area contributed by atoms with Gasteiger partial charge in [0.2, 0.25) is 0 Å². The zero-order valence-electron chi connectivity index (χ0n) is 11.8. The van der Waals surface area contributed by atoms with E-state index in [0.717, 1.165) is 30.6 Å². The van der Waals surface area contributed by atoms with E-state index in [1.807, 2.05) is 13.8 Å². The topological polar surface area (TPSA) is 64.4 Å². The minimum atomic E-state index is -0.379. The van der Waals surface area contributed by atoms with E-state index in [2.05, 4.69) is 12.2 Å². The van der Waals surface area contributed by atoms with Gasteiger partial charge < -0.3 is 10.1 Å². The summed E-state index contributed by atoms with van der Waals surface area (Å²) in [5.74, 6) is 0. The molecule has 0 heterocycles. The number of nitro groups is 1. The van der Waals surface area contributed by atoms with Crippen molar-refractivity contribution in [2.75, 3.05) is 11.9 Å². The van der Waals surface area contributed by atoms with E-state index >= 15 is 0 Å². The van der Waals surface area contributed by atoms with Crippen molar-refractivity contribution < 1.29 is 9.66 Å². The molecule has 0 aliphatic carbocycles. The number of nitrogens with zero attached hydrogens (tertiary/aromatic N) is 1. The van der Waals surface area contributed by atoms with Crippen LogP contribution in [-0.4, -0.2) is 17.6 Å². The minimum absolute atomic E-state index is 0.102. The molecule has 5 heteroatoms. The lowest BCUT2D eigenvalue weighted by atomic mass is 10.1. The molecule has 5 nitrogen and oxygen atoms in total. The van der Waals surface area contributed by atoms with E-state index in [4.69, 9.17) is 4.74 Å². The summed E-state index contributed by atoms with van der Waals surface area (Å²) >= 11 is 0. The Kier molecular flexibility index (Phi) is 6.29. The van der Waals surface area contributed by atoms with Gasteiger partial charge in [-0.25, -0.2) is 0 Å². The van der Waals surface area contributed by atoms with Crippen LogP contribution in [0.5, 0.6) is 0 Å². The van der Waals surface area contributed by atoms with Gasteiger partial charge in [-0.15, -0.1) is 0 Å². The van der Waals surface area contributed by atoms with Crippen molar-refractivity contribution in [1.82, 2.24) is 0 Å². The standard InChI is InChI=1S/C14H22N2O3/c1-4-8-15-14-7-6-13(16(17)18)9-12(14)10-19-11(3)5-2/h6-7,9,11,15H,4-5,8,10H2,1-3H3. The van der Waals surface area contributed by atoms with Gasteiger partial charge in [0.05, 0.1) is 17.6 Å². The Bertz CT molecular complexity index is 421. The highest BCUT2D eigenvalue weighted by molar-refractivity contribution is 5.55. The second-order valence-corrected chi connectivity index (χ2v) is 4.56. The lowest BCUT2D eigenvalue weighted by molar-refractivity contribution is -0.384. The molecular formula is C14H22N2O3. The molecule has 1 unspecified atom stereocenters. The molecule has 1 aromatic carbocycles. The number of benzene rings is 1. The summed E-state index contributed by atoms with van der Waals surface area (Å²) in [6, 6.07) is 4.86. The molecule has 1 N–H and O–H groups in total. The van der Waals surface area contributed by atoms with Crippen LogP contribution in [-0.2, 0) is 11.3 Å². The Morgan fingerprint density at radius 2 is 2.16 bits per heavy atom. The molecule has 0 saturated heterocycles. The van der Waals surface area contributed by atoms with Crippen LogP contribution in [0.2, 0.25) is 0 Å². The molecule has 106 valence electrons. The van der Waals surface area contributed by atoms with E-state index in [9.17, 15) is 10.1 Å². The first-order valence-electron chi connectivity index (χ1n) is 6.71. The molecular weight excluding hydrogens is 244 g/mol. The van der Waals surface area contributed by atoms with Gasteiger partial charge in [0.25, 0.3) is 5.69 Å². The molecule has 0 aliphatic heterocycles. The number of nitrogens with one attached hydrogen (secondary N) is 1. The third-order valence-electron chi connectivity index (χ3n) is 2.96. The maximum absolute atomic E-state index is 10.8. The SMILES string of the molecule is CCCNc1ccc([N+](=O)[O-])cc1COC(C)CC.